The van der Waals surface area contributed by atoms with Crippen LogP contribution in [0.5, 0.6) is 0 Å². The van der Waals surface area contributed by atoms with Gasteiger partial charge in [0.15, 0.2) is 0 Å². The minimum absolute atomic E-state index is 0.0818. The van der Waals surface area contributed by atoms with Gasteiger partial charge < -0.3 is 9.72 Å². The predicted octanol–water partition coefficient (Wildman–Crippen LogP) is 0.687. The van der Waals surface area contributed by atoms with Gasteiger partial charge in [0, 0.05) is 5.56 Å². The summed E-state index contributed by atoms with van der Waals surface area (Å²) in [6, 6.07) is 3.52. The third-order valence-electron chi connectivity index (χ3n) is 4.00. The van der Waals surface area contributed by atoms with Crippen LogP contribution >= 0.6 is 0 Å². The maximum Gasteiger partial charge on any atom is 0.328 e. The van der Waals surface area contributed by atoms with Gasteiger partial charge in [-0.2, -0.15) is 4.72 Å². The summed E-state index contributed by atoms with van der Waals surface area (Å²) >= 11 is 0. The van der Waals surface area contributed by atoms with Crippen LogP contribution in [0, 0.1) is 11.6 Å². The second-order valence-corrected chi connectivity index (χ2v) is 7.57. The number of benzene rings is 2. The molecule has 3 aromatic rings. The summed E-state index contributed by atoms with van der Waals surface area (Å²) in [5.74, 6) is -3.10. The van der Waals surface area contributed by atoms with Crippen molar-refractivity contribution in [2.45, 2.75) is 10.9 Å². The van der Waals surface area contributed by atoms with Crippen LogP contribution in [0.3, 0.4) is 0 Å². The lowest BCUT2D eigenvalue weighted by Gasteiger charge is -2.18. The smallest absolute Gasteiger partial charge is 0.328 e. The number of carbonyl (C=O) groups excluding carboxylic acids is 1. The van der Waals surface area contributed by atoms with E-state index in [1.807, 2.05) is 9.71 Å². The average Bonchev–Trinajstić information content (AvgIpc) is 2.67. The average molecular weight is 425 g/mol. The fourth-order valence-corrected chi connectivity index (χ4v) is 3.82. The summed E-state index contributed by atoms with van der Waals surface area (Å²) in [5.41, 5.74) is -2.10. The zero-order valence-corrected chi connectivity index (χ0v) is 15.5. The molecule has 2 aromatic carbocycles. The fourth-order valence-electron chi connectivity index (χ4n) is 2.63. The van der Waals surface area contributed by atoms with Crippen molar-refractivity contribution in [1.29, 1.82) is 0 Å². The summed E-state index contributed by atoms with van der Waals surface area (Å²) in [6.45, 7) is 0. The summed E-state index contributed by atoms with van der Waals surface area (Å²) < 4.78 is 59.5. The molecule has 3 rings (SSSR count). The molecule has 0 aliphatic heterocycles. The Morgan fingerprint density at radius 3 is 2.52 bits per heavy atom. The Kier molecular flexibility index (Phi) is 5.31. The number of halogens is 2. The van der Waals surface area contributed by atoms with E-state index < -0.39 is 55.4 Å². The molecule has 0 spiro atoms. The number of H-pyrrole nitrogens is 2. The Labute approximate surface area is 161 Å². The van der Waals surface area contributed by atoms with E-state index in [0.717, 1.165) is 31.4 Å². The molecule has 3 N–H and O–H groups in total. The largest absolute Gasteiger partial charge is 0.468 e. The van der Waals surface area contributed by atoms with Gasteiger partial charge in [0.2, 0.25) is 10.0 Å². The SMILES string of the molecule is COC(=O)C(NS(=O)(=O)c1ccc2[nH]c(=O)[nH]c(=O)c2c1)c1cc(F)ccc1F. The molecule has 9 nitrogen and oxygen atoms in total. The molecule has 29 heavy (non-hydrogen) atoms. The molecule has 0 fully saturated rings. The van der Waals surface area contributed by atoms with Crippen LogP contribution in [0.15, 0.2) is 50.9 Å². The van der Waals surface area contributed by atoms with E-state index in [4.69, 9.17) is 0 Å². The molecule has 1 aromatic heterocycles. The van der Waals surface area contributed by atoms with Crippen molar-refractivity contribution < 1.29 is 26.7 Å². The molecule has 0 saturated heterocycles. The van der Waals surface area contributed by atoms with Crippen molar-refractivity contribution in [3.05, 3.63) is 74.4 Å². The first kappa shape index (κ1) is 20.4. The molecule has 0 amide bonds. The van der Waals surface area contributed by atoms with E-state index in [9.17, 15) is 31.6 Å². The number of hydrogen-bond donors (Lipinski definition) is 3. The molecular formula is C17H13F2N3O6S. The topological polar surface area (TPSA) is 138 Å². The monoisotopic (exact) mass is 425 g/mol. The molecule has 152 valence electrons. The van der Waals surface area contributed by atoms with Gasteiger partial charge in [-0.3, -0.25) is 9.78 Å². The van der Waals surface area contributed by atoms with Crippen LogP contribution in [0.1, 0.15) is 11.6 Å². The predicted molar refractivity (Wildman–Crippen MR) is 96.6 cm³/mol. The Morgan fingerprint density at radius 2 is 1.83 bits per heavy atom. The first-order chi connectivity index (χ1) is 13.6. The number of esters is 1. The third-order valence-corrected chi connectivity index (χ3v) is 5.42. The molecule has 0 bridgehead atoms. The first-order valence-electron chi connectivity index (χ1n) is 7.94. The van der Waals surface area contributed by atoms with Crippen molar-refractivity contribution >= 4 is 26.9 Å². The van der Waals surface area contributed by atoms with Crippen LogP contribution < -0.4 is 16.0 Å². The highest BCUT2D eigenvalue weighted by atomic mass is 32.2. The van der Waals surface area contributed by atoms with Gasteiger partial charge in [-0.25, -0.2) is 26.8 Å². The lowest BCUT2D eigenvalue weighted by molar-refractivity contribution is -0.142. The number of hydrogen-bond acceptors (Lipinski definition) is 6. The van der Waals surface area contributed by atoms with Gasteiger partial charge in [0.25, 0.3) is 5.56 Å². The normalized spacial score (nSPS) is 12.7. The number of sulfonamides is 1. The van der Waals surface area contributed by atoms with E-state index >= 15 is 0 Å². The van der Waals surface area contributed by atoms with Crippen LogP contribution in [0.25, 0.3) is 10.9 Å². The number of aromatic amines is 2. The molecule has 1 unspecified atom stereocenters. The number of methoxy groups -OCH3 is 1. The van der Waals surface area contributed by atoms with E-state index in [1.165, 1.54) is 6.07 Å². The van der Waals surface area contributed by atoms with Gasteiger partial charge in [-0.05, 0) is 36.4 Å². The summed E-state index contributed by atoms with van der Waals surface area (Å²) in [4.78, 5) is 39.1. The lowest BCUT2D eigenvalue weighted by atomic mass is 10.1. The Morgan fingerprint density at radius 1 is 1.10 bits per heavy atom. The molecule has 0 aliphatic rings. The molecule has 0 radical (unpaired) electrons. The Hall–Kier alpha value is -3.38. The van der Waals surface area contributed by atoms with Crippen molar-refractivity contribution in [2.24, 2.45) is 0 Å². The second kappa shape index (κ2) is 7.56. The second-order valence-electron chi connectivity index (χ2n) is 5.86. The number of nitrogens with one attached hydrogen (secondary N) is 3. The number of aromatic nitrogens is 2. The molecule has 1 heterocycles. The number of rotatable bonds is 5. The fraction of sp³-hybridized carbons (Fsp3) is 0.118. The van der Waals surface area contributed by atoms with Gasteiger partial charge >= 0.3 is 11.7 Å². The Balaban J connectivity index is 2.09. The molecular weight excluding hydrogens is 412 g/mol. The third kappa shape index (κ3) is 4.07. The van der Waals surface area contributed by atoms with Crippen LogP contribution in [0.4, 0.5) is 8.78 Å². The van der Waals surface area contributed by atoms with Crippen molar-refractivity contribution in [1.82, 2.24) is 14.7 Å². The highest BCUT2D eigenvalue weighted by molar-refractivity contribution is 7.89. The van der Waals surface area contributed by atoms with Crippen LogP contribution in [-0.4, -0.2) is 31.5 Å². The van der Waals surface area contributed by atoms with E-state index in [-0.39, 0.29) is 10.9 Å². The van der Waals surface area contributed by atoms with Gasteiger partial charge in [-0.15, -0.1) is 0 Å². The highest BCUT2D eigenvalue weighted by Gasteiger charge is 2.31. The lowest BCUT2D eigenvalue weighted by Crippen LogP contribution is -2.35. The summed E-state index contributed by atoms with van der Waals surface area (Å²) in [5, 5.41) is -0.140. The maximum atomic E-state index is 14.1. The van der Waals surface area contributed by atoms with Crippen LogP contribution in [0.2, 0.25) is 0 Å². The van der Waals surface area contributed by atoms with Crippen molar-refractivity contribution in [3.63, 3.8) is 0 Å². The first-order valence-corrected chi connectivity index (χ1v) is 9.42. The zero-order chi connectivity index (χ0) is 21.3. The van der Waals surface area contributed by atoms with Gasteiger partial charge in [0.1, 0.15) is 17.7 Å². The minimum atomic E-state index is -4.50. The number of ether oxygens (including phenoxy) is 1. The van der Waals surface area contributed by atoms with Gasteiger partial charge in [-0.1, -0.05) is 0 Å². The number of carbonyl (C=O) groups is 1. The van der Waals surface area contributed by atoms with E-state index in [1.54, 1.807) is 0 Å². The van der Waals surface area contributed by atoms with Gasteiger partial charge in [0.05, 0.1) is 22.9 Å². The Bertz CT molecular complexity index is 1330. The standard InChI is InChI=1S/C17H13F2N3O6S/c1-28-16(24)14(10-6-8(18)2-4-12(10)19)22-29(26,27)9-3-5-13-11(7-9)15(23)21-17(25)20-13/h2-7,14,22H,1H3,(H2,20,21,23,25). The van der Waals surface area contributed by atoms with E-state index in [2.05, 4.69) is 9.72 Å². The molecule has 0 saturated carbocycles. The van der Waals surface area contributed by atoms with Crippen molar-refractivity contribution in [2.75, 3.05) is 7.11 Å². The minimum Gasteiger partial charge on any atom is -0.468 e. The summed E-state index contributed by atoms with van der Waals surface area (Å²) in [7, 11) is -3.54. The van der Waals surface area contributed by atoms with Crippen molar-refractivity contribution in [3.8, 4) is 0 Å². The highest BCUT2D eigenvalue weighted by Crippen LogP contribution is 2.23. The van der Waals surface area contributed by atoms with Crippen LogP contribution in [-0.2, 0) is 19.6 Å². The maximum absolute atomic E-state index is 14.1. The molecule has 12 heteroatoms. The molecule has 1 atom stereocenters. The summed E-state index contributed by atoms with van der Waals surface area (Å²) in [6.07, 6.45) is 0. The van der Waals surface area contributed by atoms with E-state index in [0.29, 0.717) is 6.07 Å². The zero-order valence-electron chi connectivity index (χ0n) is 14.7. The quantitative estimate of drug-likeness (QED) is 0.514. The molecule has 0 aliphatic carbocycles. The number of fused-ring (bicyclic) bond motifs is 1.